The maximum atomic E-state index is 12.5. The average Bonchev–Trinajstić information content (AvgIpc) is 3.06. The third-order valence-corrected chi connectivity index (χ3v) is 5.91. The number of thiophene rings is 1. The predicted octanol–water partition coefficient (Wildman–Crippen LogP) is 5.25. The number of hydrogen-bond donors (Lipinski definition) is 0. The summed E-state index contributed by atoms with van der Waals surface area (Å²) < 4.78 is 12.0. The highest BCUT2D eigenvalue weighted by atomic mass is 35.5. The lowest BCUT2D eigenvalue weighted by Crippen LogP contribution is -2.06. The largest absolute Gasteiger partial charge is 0.422 e. The molecule has 0 atom stereocenters. The summed E-state index contributed by atoms with van der Waals surface area (Å²) in [5.41, 5.74) is 1.57. The van der Waals surface area contributed by atoms with Gasteiger partial charge in [-0.05, 0) is 30.7 Å². The Morgan fingerprint density at radius 1 is 1.12 bits per heavy atom. The summed E-state index contributed by atoms with van der Waals surface area (Å²) in [5, 5.41) is 1.23. The molecular formula is C17H9ClO4S2. The van der Waals surface area contributed by atoms with Gasteiger partial charge in [-0.3, -0.25) is 0 Å². The van der Waals surface area contributed by atoms with Crippen molar-refractivity contribution >= 4 is 60.6 Å². The normalized spacial score (nSPS) is 11.2. The summed E-state index contributed by atoms with van der Waals surface area (Å²) in [7, 11) is 0. The first-order valence-electron chi connectivity index (χ1n) is 6.96. The Kier molecular flexibility index (Phi) is 3.68. The second-order valence-electron chi connectivity index (χ2n) is 5.20. The van der Waals surface area contributed by atoms with Crippen LogP contribution in [-0.4, -0.2) is 5.97 Å². The molecular weight excluding hydrogens is 368 g/mol. The first-order valence-corrected chi connectivity index (χ1v) is 8.97. The average molecular weight is 377 g/mol. The highest BCUT2D eigenvalue weighted by Crippen LogP contribution is 2.36. The molecule has 0 aliphatic rings. The van der Waals surface area contributed by atoms with E-state index in [4.69, 9.17) is 20.8 Å². The van der Waals surface area contributed by atoms with E-state index in [1.54, 1.807) is 18.2 Å². The molecule has 0 aliphatic carbocycles. The van der Waals surface area contributed by atoms with Crippen molar-refractivity contribution in [1.29, 1.82) is 0 Å². The SMILES string of the molecule is Cc1ccc2c(Cl)c(C(=O)Oc3ccc4oc(=O)sc4c3)sc2c1. The van der Waals surface area contributed by atoms with Crippen molar-refractivity contribution in [3.63, 3.8) is 0 Å². The van der Waals surface area contributed by atoms with Gasteiger partial charge in [0, 0.05) is 16.2 Å². The number of halogens is 1. The third kappa shape index (κ3) is 2.62. The van der Waals surface area contributed by atoms with Crippen molar-refractivity contribution in [1.82, 2.24) is 0 Å². The zero-order valence-electron chi connectivity index (χ0n) is 12.3. The molecule has 0 bridgehead atoms. The maximum absolute atomic E-state index is 12.5. The van der Waals surface area contributed by atoms with Gasteiger partial charge < -0.3 is 9.15 Å². The van der Waals surface area contributed by atoms with Gasteiger partial charge in [0.05, 0.1) is 9.72 Å². The highest BCUT2D eigenvalue weighted by molar-refractivity contribution is 7.21. The molecule has 4 rings (SSSR count). The van der Waals surface area contributed by atoms with Gasteiger partial charge >= 0.3 is 10.9 Å². The molecule has 0 fully saturated rings. The predicted molar refractivity (Wildman–Crippen MR) is 96.9 cm³/mol. The molecule has 2 aromatic carbocycles. The molecule has 120 valence electrons. The fourth-order valence-electron chi connectivity index (χ4n) is 2.37. The number of aryl methyl sites for hydroxylation is 1. The van der Waals surface area contributed by atoms with E-state index in [-0.39, 0.29) is 0 Å². The quantitative estimate of drug-likeness (QED) is 0.354. The molecule has 2 heterocycles. The highest BCUT2D eigenvalue weighted by Gasteiger charge is 2.19. The fourth-order valence-corrected chi connectivity index (χ4v) is 4.55. The first-order chi connectivity index (χ1) is 11.5. The van der Waals surface area contributed by atoms with Crippen LogP contribution in [-0.2, 0) is 0 Å². The third-order valence-electron chi connectivity index (χ3n) is 3.48. The zero-order chi connectivity index (χ0) is 16.8. The molecule has 0 saturated heterocycles. The molecule has 0 radical (unpaired) electrons. The van der Waals surface area contributed by atoms with Crippen molar-refractivity contribution in [2.75, 3.05) is 0 Å². The number of rotatable bonds is 2. The van der Waals surface area contributed by atoms with Crippen LogP contribution in [0.2, 0.25) is 5.02 Å². The molecule has 24 heavy (non-hydrogen) atoms. The number of esters is 1. The van der Waals surface area contributed by atoms with Gasteiger partial charge in [-0.2, -0.15) is 0 Å². The number of hydrogen-bond acceptors (Lipinski definition) is 6. The summed E-state index contributed by atoms with van der Waals surface area (Å²) in [6, 6.07) is 10.6. The lowest BCUT2D eigenvalue weighted by atomic mass is 10.2. The van der Waals surface area contributed by atoms with Gasteiger partial charge in [-0.15, -0.1) is 11.3 Å². The van der Waals surface area contributed by atoms with E-state index in [1.165, 1.54) is 11.3 Å². The van der Waals surface area contributed by atoms with E-state index < -0.39 is 10.9 Å². The molecule has 4 nitrogen and oxygen atoms in total. The van der Waals surface area contributed by atoms with Crippen molar-refractivity contribution < 1.29 is 13.9 Å². The number of ether oxygens (including phenoxy) is 1. The molecule has 7 heteroatoms. The molecule has 0 spiro atoms. The van der Waals surface area contributed by atoms with Gasteiger partial charge in [0.1, 0.15) is 16.2 Å². The van der Waals surface area contributed by atoms with Crippen LogP contribution in [0.1, 0.15) is 15.2 Å². The van der Waals surface area contributed by atoms with Gasteiger partial charge in [0.2, 0.25) is 0 Å². The molecule has 4 aromatic rings. The van der Waals surface area contributed by atoms with Crippen molar-refractivity contribution in [2.45, 2.75) is 6.92 Å². The molecule has 0 amide bonds. The van der Waals surface area contributed by atoms with Crippen molar-refractivity contribution in [3.8, 4) is 5.75 Å². The molecule has 0 N–H and O–H groups in total. The maximum Gasteiger partial charge on any atom is 0.396 e. The van der Waals surface area contributed by atoms with Crippen LogP contribution in [0, 0.1) is 6.92 Å². The molecule has 2 aromatic heterocycles. The summed E-state index contributed by atoms with van der Waals surface area (Å²) in [4.78, 5) is 23.7. The number of fused-ring (bicyclic) bond motifs is 2. The minimum Gasteiger partial charge on any atom is -0.422 e. The summed E-state index contributed by atoms with van der Waals surface area (Å²) in [5.74, 6) is -0.178. The number of benzene rings is 2. The lowest BCUT2D eigenvalue weighted by molar-refractivity contribution is 0.0740. The summed E-state index contributed by atoms with van der Waals surface area (Å²) in [6.45, 7) is 1.98. The van der Waals surface area contributed by atoms with Crippen molar-refractivity contribution in [2.24, 2.45) is 0 Å². The Hall–Kier alpha value is -2.15. The fraction of sp³-hybridized carbons (Fsp3) is 0.0588. The van der Waals surface area contributed by atoms with Crippen LogP contribution in [0.25, 0.3) is 20.4 Å². The Morgan fingerprint density at radius 2 is 1.96 bits per heavy atom. The number of carbonyl (C=O) groups excluding carboxylic acids is 1. The lowest BCUT2D eigenvalue weighted by Gasteiger charge is -2.02. The van der Waals surface area contributed by atoms with Crippen LogP contribution in [0.5, 0.6) is 5.75 Å². The van der Waals surface area contributed by atoms with E-state index in [1.807, 2.05) is 25.1 Å². The topological polar surface area (TPSA) is 56.5 Å². The minimum absolute atomic E-state index is 0.342. The van der Waals surface area contributed by atoms with E-state index in [0.29, 0.717) is 25.9 Å². The Labute approximate surface area is 148 Å². The monoisotopic (exact) mass is 376 g/mol. The summed E-state index contributed by atoms with van der Waals surface area (Å²) >= 11 is 8.59. The van der Waals surface area contributed by atoms with Crippen LogP contribution >= 0.6 is 34.3 Å². The Morgan fingerprint density at radius 3 is 2.79 bits per heavy atom. The molecule has 0 aliphatic heterocycles. The summed E-state index contributed by atoms with van der Waals surface area (Å²) in [6.07, 6.45) is 0. The van der Waals surface area contributed by atoms with Crippen LogP contribution in [0.3, 0.4) is 0 Å². The van der Waals surface area contributed by atoms with Crippen LogP contribution in [0.4, 0.5) is 0 Å². The van der Waals surface area contributed by atoms with Gasteiger partial charge in [-0.25, -0.2) is 9.59 Å². The first kappa shape index (κ1) is 15.4. The zero-order valence-corrected chi connectivity index (χ0v) is 14.7. The Balaban J connectivity index is 1.70. The van der Waals surface area contributed by atoms with Gasteiger partial charge in [-0.1, -0.05) is 35.1 Å². The smallest absolute Gasteiger partial charge is 0.396 e. The number of carbonyl (C=O) groups is 1. The van der Waals surface area contributed by atoms with E-state index in [2.05, 4.69) is 0 Å². The van der Waals surface area contributed by atoms with Crippen LogP contribution < -0.4 is 9.68 Å². The second kappa shape index (κ2) is 5.73. The Bertz CT molecular complexity index is 1150. The van der Waals surface area contributed by atoms with E-state index >= 15 is 0 Å². The molecule has 0 unspecified atom stereocenters. The molecule has 0 saturated carbocycles. The second-order valence-corrected chi connectivity index (χ2v) is 7.60. The van der Waals surface area contributed by atoms with Crippen molar-refractivity contribution in [3.05, 3.63) is 61.6 Å². The standard InChI is InChI=1S/C17H9ClO4S2/c1-8-2-4-10-12(6-8)23-15(14(10)18)16(19)21-9-3-5-11-13(7-9)24-17(20)22-11/h2-7H,1H3. The van der Waals surface area contributed by atoms with Crippen LogP contribution in [0.15, 0.2) is 45.6 Å². The van der Waals surface area contributed by atoms with Gasteiger partial charge in [0.25, 0.3) is 0 Å². The minimum atomic E-state index is -0.519. The van der Waals surface area contributed by atoms with E-state index in [0.717, 1.165) is 27.0 Å². The van der Waals surface area contributed by atoms with Gasteiger partial charge in [0.15, 0.2) is 0 Å². The van der Waals surface area contributed by atoms with E-state index in [9.17, 15) is 9.59 Å².